The number of nitrogens with one attached hydrogen (secondary N) is 1. The first kappa shape index (κ1) is 25.5. The molecule has 0 fully saturated rings. The third-order valence-corrected chi connectivity index (χ3v) is 9.12. The highest BCUT2D eigenvalue weighted by Crippen LogP contribution is 2.53. The van der Waals surface area contributed by atoms with Crippen molar-refractivity contribution in [2.45, 2.75) is 25.4 Å². The molecule has 0 amide bonds. The molecule has 2 nitrogen and oxygen atoms in total. The molecule has 1 heterocycles. The highest BCUT2D eigenvalue weighted by Gasteiger charge is 2.39. The summed E-state index contributed by atoms with van der Waals surface area (Å²) in [6.45, 7) is 4.70. The van der Waals surface area contributed by atoms with E-state index < -0.39 is 0 Å². The van der Waals surface area contributed by atoms with E-state index in [-0.39, 0.29) is 11.6 Å². The van der Waals surface area contributed by atoms with E-state index in [0.717, 1.165) is 22.5 Å². The van der Waals surface area contributed by atoms with Gasteiger partial charge < -0.3 is 5.32 Å². The van der Waals surface area contributed by atoms with E-state index in [4.69, 9.17) is 4.99 Å². The summed E-state index contributed by atoms with van der Waals surface area (Å²) in [7, 11) is 0. The summed E-state index contributed by atoms with van der Waals surface area (Å²) in [5.41, 5.74) is 13.2. The van der Waals surface area contributed by atoms with Gasteiger partial charge in [0.2, 0.25) is 0 Å². The lowest BCUT2D eigenvalue weighted by Gasteiger charge is -2.29. The second kappa shape index (κ2) is 9.96. The zero-order valence-electron chi connectivity index (χ0n) is 24.4. The molecule has 206 valence electrons. The number of rotatable bonds is 4. The maximum atomic E-state index is 5.48. The Hall–Kier alpha value is -5.21. The van der Waals surface area contributed by atoms with Crippen LogP contribution in [0.25, 0.3) is 38.7 Å². The van der Waals surface area contributed by atoms with Crippen LogP contribution in [0.15, 0.2) is 151 Å². The maximum absolute atomic E-state index is 5.48. The van der Waals surface area contributed by atoms with Gasteiger partial charge in [-0.25, -0.2) is 0 Å². The number of aliphatic imine (C=N–C) groups is 1. The second-order valence-electron chi connectivity index (χ2n) is 12.0. The zero-order valence-corrected chi connectivity index (χ0v) is 24.4. The SMILES string of the molecule is CC1(C)c2ccccc2-c2c1cc1ccccc1c2C1N=C(c2ccc(-c3ccccc3)cc2)C=C(c2ccccc2)N1. The Labute approximate surface area is 253 Å². The molecule has 8 rings (SSSR count). The van der Waals surface area contributed by atoms with Crippen LogP contribution in [0, 0.1) is 0 Å². The smallest absolute Gasteiger partial charge is 0.146 e. The summed E-state index contributed by atoms with van der Waals surface area (Å²) in [5.74, 6) is 0. The molecule has 1 unspecified atom stereocenters. The summed E-state index contributed by atoms with van der Waals surface area (Å²) in [6.07, 6.45) is 1.94. The van der Waals surface area contributed by atoms with Gasteiger partial charge in [-0.2, -0.15) is 0 Å². The number of hydrogen-bond acceptors (Lipinski definition) is 2. The highest BCUT2D eigenvalue weighted by molar-refractivity contribution is 6.13. The van der Waals surface area contributed by atoms with E-state index >= 15 is 0 Å². The van der Waals surface area contributed by atoms with Crippen molar-refractivity contribution >= 4 is 22.2 Å². The quantitative estimate of drug-likeness (QED) is 0.231. The molecular weight excluding hydrogens is 520 g/mol. The maximum Gasteiger partial charge on any atom is 0.146 e. The van der Waals surface area contributed by atoms with Gasteiger partial charge in [-0.05, 0) is 67.4 Å². The first-order chi connectivity index (χ1) is 21.1. The van der Waals surface area contributed by atoms with Crippen molar-refractivity contribution in [3.63, 3.8) is 0 Å². The second-order valence-corrected chi connectivity index (χ2v) is 12.0. The van der Waals surface area contributed by atoms with Crippen molar-refractivity contribution in [3.8, 4) is 22.3 Å². The van der Waals surface area contributed by atoms with E-state index in [1.54, 1.807) is 0 Å². The minimum Gasteiger partial charge on any atom is -0.359 e. The fourth-order valence-electron chi connectivity index (χ4n) is 6.91. The van der Waals surface area contributed by atoms with Crippen molar-refractivity contribution in [3.05, 3.63) is 173 Å². The van der Waals surface area contributed by atoms with Gasteiger partial charge >= 0.3 is 0 Å². The minimum atomic E-state index is -0.259. The minimum absolute atomic E-state index is 0.0999. The van der Waals surface area contributed by atoms with Crippen LogP contribution >= 0.6 is 0 Å². The van der Waals surface area contributed by atoms with Gasteiger partial charge in [-0.1, -0.05) is 147 Å². The van der Waals surface area contributed by atoms with Crippen molar-refractivity contribution in [1.82, 2.24) is 5.32 Å². The van der Waals surface area contributed by atoms with E-state index in [9.17, 15) is 0 Å². The van der Waals surface area contributed by atoms with Gasteiger partial charge in [0.15, 0.2) is 0 Å². The summed E-state index contributed by atoms with van der Waals surface area (Å²) in [5, 5.41) is 6.36. The molecular formula is C41H32N2. The molecule has 2 heteroatoms. The summed E-state index contributed by atoms with van der Waals surface area (Å²) >= 11 is 0. The summed E-state index contributed by atoms with van der Waals surface area (Å²) in [4.78, 5) is 5.48. The number of nitrogens with zero attached hydrogens (tertiary/aromatic N) is 1. The van der Waals surface area contributed by atoms with E-state index in [2.05, 4.69) is 165 Å². The van der Waals surface area contributed by atoms with Crippen LogP contribution < -0.4 is 5.32 Å². The molecule has 2 aliphatic rings. The van der Waals surface area contributed by atoms with Crippen LogP contribution in [-0.4, -0.2) is 5.71 Å². The Morgan fingerprint density at radius 3 is 1.95 bits per heavy atom. The molecule has 0 bridgehead atoms. The normalized spacial score (nSPS) is 16.6. The molecule has 0 radical (unpaired) electrons. The van der Waals surface area contributed by atoms with Gasteiger partial charge in [0.25, 0.3) is 0 Å². The molecule has 1 aliphatic carbocycles. The standard InChI is InChI=1S/C41H32N2/c1-41(2)34-20-12-11-19-33(34)38-35(41)25-31-17-9-10-18-32(31)39(38)40-42-36(29-15-7-4-8-16-29)26-37(43-40)30-23-21-28(22-24-30)27-13-5-3-6-14-27/h3-26,40,42H,1-2H3. The van der Waals surface area contributed by atoms with Crippen molar-refractivity contribution in [2.24, 2.45) is 4.99 Å². The van der Waals surface area contributed by atoms with E-state index in [1.807, 2.05) is 0 Å². The first-order valence-electron chi connectivity index (χ1n) is 15.0. The van der Waals surface area contributed by atoms with Crippen LogP contribution in [0.4, 0.5) is 0 Å². The van der Waals surface area contributed by atoms with Crippen LogP contribution in [0.5, 0.6) is 0 Å². The summed E-state index contributed by atoms with van der Waals surface area (Å²) < 4.78 is 0. The largest absolute Gasteiger partial charge is 0.359 e. The Bertz CT molecular complexity index is 2050. The van der Waals surface area contributed by atoms with Gasteiger partial charge in [0.1, 0.15) is 6.17 Å². The first-order valence-corrected chi connectivity index (χ1v) is 15.0. The average Bonchev–Trinajstić information content (AvgIpc) is 3.30. The van der Waals surface area contributed by atoms with Gasteiger partial charge in [-0.15, -0.1) is 0 Å². The number of allylic oxidation sites excluding steroid dienone is 1. The molecule has 43 heavy (non-hydrogen) atoms. The molecule has 6 aromatic carbocycles. The predicted molar refractivity (Wildman–Crippen MR) is 180 cm³/mol. The fraction of sp³-hybridized carbons (Fsp3) is 0.0976. The van der Waals surface area contributed by atoms with Crippen LogP contribution in [0.3, 0.4) is 0 Å². The lowest BCUT2D eigenvalue weighted by molar-refractivity contribution is 0.652. The number of benzene rings is 6. The van der Waals surface area contributed by atoms with Gasteiger partial charge in [0, 0.05) is 16.7 Å². The zero-order chi connectivity index (χ0) is 29.0. The Morgan fingerprint density at radius 2 is 1.19 bits per heavy atom. The van der Waals surface area contributed by atoms with Crippen LogP contribution in [0.1, 0.15) is 47.8 Å². The Balaban J connectivity index is 1.34. The average molecular weight is 553 g/mol. The Kier molecular flexibility index (Phi) is 5.90. The van der Waals surface area contributed by atoms with E-state index in [1.165, 1.54) is 49.7 Å². The molecule has 1 N–H and O–H groups in total. The van der Waals surface area contributed by atoms with Crippen molar-refractivity contribution < 1.29 is 0 Å². The molecule has 1 aliphatic heterocycles. The van der Waals surface area contributed by atoms with Crippen molar-refractivity contribution in [2.75, 3.05) is 0 Å². The lowest BCUT2D eigenvalue weighted by atomic mass is 9.81. The molecule has 0 spiro atoms. The third kappa shape index (κ3) is 4.21. The molecule has 1 atom stereocenters. The molecule has 6 aromatic rings. The van der Waals surface area contributed by atoms with E-state index in [0.29, 0.717) is 0 Å². The number of hydrogen-bond donors (Lipinski definition) is 1. The highest BCUT2D eigenvalue weighted by atomic mass is 15.1. The lowest BCUT2D eigenvalue weighted by Crippen LogP contribution is -2.26. The topological polar surface area (TPSA) is 24.4 Å². The van der Waals surface area contributed by atoms with Gasteiger partial charge in [0.05, 0.1) is 5.71 Å². The van der Waals surface area contributed by atoms with Crippen LogP contribution in [0.2, 0.25) is 0 Å². The van der Waals surface area contributed by atoms with Crippen LogP contribution in [-0.2, 0) is 5.41 Å². The third-order valence-electron chi connectivity index (χ3n) is 9.12. The fourth-order valence-corrected chi connectivity index (χ4v) is 6.91. The monoisotopic (exact) mass is 552 g/mol. The number of fused-ring (bicyclic) bond motifs is 4. The Morgan fingerprint density at radius 1 is 0.581 bits per heavy atom. The predicted octanol–water partition coefficient (Wildman–Crippen LogP) is 9.95. The van der Waals surface area contributed by atoms with Gasteiger partial charge in [-0.3, -0.25) is 4.99 Å². The molecule has 0 saturated carbocycles. The summed E-state index contributed by atoms with van der Waals surface area (Å²) in [6, 6.07) is 50.0. The molecule has 0 aromatic heterocycles. The van der Waals surface area contributed by atoms with Crippen molar-refractivity contribution in [1.29, 1.82) is 0 Å². The molecule has 0 saturated heterocycles.